The Labute approximate surface area is 110 Å². The second-order valence-electron chi connectivity index (χ2n) is 6.01. The van der Waals surface area contributed by atoms with Crippen LogP contribution in [0, 0.1) is 5.41 Å². The zero-order valence-corrected chi connectivity index (χ0v) is 11.3. The summed E-state index contributed by atoms with van der Waals surface area (Å²) >= 11 is 0. The molecule has 0 radical (unpaired) electrons. The topological polar surface area (TPSA) is 43.7 Å². The molecule has 0 saturated carbocycles. The summed E-state index contributed by atoms with van der Waals surface area (Å²) in [6.45, 7) is 7.61. The van der Waals surface area contributed by atoms with Gasteiger partial charge in [-0.05, 0) is 42.4 Å². The molecule has 3 nitrogen and oxygen atoms in total. The zero-order valence-electron chi connectivity index (χ0n) is 11.3. The van der Waals surface area contributed by atoms with Crippen molar-refractivity contribution in [2.45, 2.75) is 33.2 Å². The second kappa shape index (κ2) is 5.43. The lowest BCUT2D eigenvalue weighted by atomic mass is 9.76. The van der Waals surface area contributed by atoms with Crippen LogP contribution >= 0.6 is 0 Å². The molecule has 1 aliphatic rings. The fourth-order valence-corrected chi connectivity index (χ4v) is 2.49. The maximum Gasteiger partial charge on any atom is 0.488 e. The van der Waals surface area contributed by atoms with Gasteiger partial charge in [0.25, 0.3) is 0 Å². The minimum atomic E-state index is -1.37. The van der Waals surface area contributed by atoms with E-state index in [4.69, 9.17) is 0 Å². The van der Waals surface area contributed by atoms with Crippen LogP contribution in [0.4, 0.5) is 0 Å². The number of rotatable bonds is 3. The molecule has 1 aliphatic heterocycles. The first kappa shape index (κ1) is 13.6. The molecule has 0 bridgehead atoms. The van der Waals surface area contributed by atoms with E-state index < -0.39 is 7.12 Å². The van der Waals surface area contributed by atoms with Crippen LogP contribution in [0.5, 0.6) is 0 Å². The Kier molecular flexibility index (Phi) is 4.10. The molecule has 1 aromatic rings. The van der Waals surface area contributed by atoms with Gasteiger partial charge in [-0.3, -0.25) is 4.90 Å². The van der Waals surface area contributed by atoms with Crippen molar-refractivity contribution in [2.24, 2.45) is 5.41 Å². The van der Waals surface area contributed by atoms with E-state index in [1.54, 1.807) is 6.07 Å². The number of benzene rings is 1. The number of hydrogen-bond acceptors (Lipinski definition) is 3. The van der Waals surface area contributed by atoms with Gasteiger partial charge in [0, 0.05) is 6.54 Å². The molecule has 1 fully saturated rings. The molecule has 18 heavy (non-hydrogen) atoms. The second-order valence-corrected chi connectivity index (χ2v) is 6.01. The summed E-state index contributed by atoms with van der Waals surface area (Å²) < 4.78 is 0. The van der Waals surface area contributed by atoms with Gasteiger partial charge in [-0.2, -0.15) is 0 Å². The third kappa shape index (κ3) is 3.34. The Hall–Kier alpha value is -0.835. The zero-order chi connectivity index (χ0) is 13.2. The smallest absolute Gasteiger partial charge is 0.423 e. The van der Waals surface area contributed by atoms with Gasteiger partial charge in [0.15, 0.2) is 0 Å². The number of nitrogens with zero attached hydrogens (tertiary/aromatic N) is 1. The molecular weight excluding hydrogens is 225 g/mol. The van der Waals surface area contributed by atoms with Crippen LogP contribution in [-0.2, 0) is 6.54 Å². The summed E-state index contributed by atoms with van der Waals surface area (Å²) in [4.78, 5) is 2.40. The summed E-state index contributed by atoms with van der Waals surface area (Å²) in [6, 6.07) is 7.56. The Morgan fingerprint density at radius 1 is 1.17 bits per heavy atom. The van der Waals surface area contributed by atoms with Crippen LogP contribution in [0.3, 0.4) is 0 Å². The minimum Gasteiger partial charge on any atom is -0.423 e. The maximum absolute atomic E-state index is 9.35. The molecule has 4 heteroatoms. The van der Waals surface area contributed by atoms with Gasteiger partial charge in [0.05, 0.1) is 0 Å². The minimum absolute atomic E-state index is 0.451. The molecular formula is C14H22BNO2. The summed E-state index contributed by atoms with van der Waals surface area (Å²) in [6.07, 6.45) is 2.41. The number of piperidine rings is 1. The van der Waals surface area contributed by atoms with Crippen LogP contribution < -0.4 is 5.46 Å². The monoisotopic (exact) mass is 247 g/mol. The average molecular weight is 247 g/mol. The molecule has 2 rings (SSSR count). The summed E-state index contributed by atoms with van der Waals surface area (Å²) in [5.41, 5.74) is 2.10. The molecule has 0 atom stereocenters. The third-order valence-electron chi connectivity index (χ3n) is 3.94. The van der Waals surface area contributed by atoms with E-state index in [2.05, 4.69) is 18.7 Å². The Balaban J connectivity index is 2.02. The molecule has 0 unspecified atom stereocenters. The van der Waals surface area contributed by atoms with Gasteiger partial charge in [-0.15, -0.1) is 0 Å². The Morgan fingerprint density at radius 2 is 1.78 bits per heavy atom. The highest BCUT2D eigenvalue weighted by Gasteiger charge is 2.26. The van der Waals surface area contributed by atoms with Crippen molar-refractivity contribution in [2.75, 3.05) is 13.1 Å². The molecule has 0 spiro atoms. The fraction of sp³-hybridized carbons (Fsp3) is 0.571. The Bertz CT molecular complexity index is 397. The largest absolute Gasteiger partial charge is 0.488 e. The maximum atomic E-state index is 9.35. The third-order valence-corrected chi connectivity index (χ3v) is 3.94. The van der Waals surface area contributed by atoms with Crippen LogP contribution in [-0.4, -0.2) is 35.2 Å². The normalized spacial score (nSPS) is 19.8. The van der Waals surface area contributed by atoms with Crippen LogP contribution in [0.25, 0.3) is 0 Å². The fourth-order valence-electron chi connectivity index (χ4n) is 2.49. The van der Waals surface area contributed by atoms with E-state index in [-0.39, 0.29) is 0 Å². The summed E-state index contributed by atoms with van der Waals surface area (Å²) in [5, 5.41) is 18.7. The molecule has 1 saturated heterocycles. The van der Waals surface area contributed by atoms with Crippen molar-refractivity contribution in [3.05, 3.63) is 29.8 Å². The standard InChI is InChI=1S/C14H22BNO2/c1-14(2)7-9-16(10-8-14)11-12-5-3-4-6-13(12)15(17)18/h3-6,17-18H,7-11H2,1-2H3. The van der Waals surface area contributed by atoms with E-state index in [0.29, 0.717) is 10.9 Å². The number of hydrogen-bond donors (Lipinski definition) is 2. The molecule has 2 N–H and O–H groups in total. The molecule has 98 valence electrons. The first-order chi connectivity index (χ1) is 8.48. The van der Waals surface area contributed by atoms with Crippen LogP contribution in [0.1, 0.15) is 32.3 Å². The highest BCUT2D eigenvalue weighted by Crippen LogP contribution is 2.30. The highest BCUT2D eigenvalue weighted by atomic mass is 16.4. The van der Waals surface area contributed by atoms with Crippen LogP contribution in [0.2, 0.25) is 0 Å². The SMILES string of the molecule is CC1(C)CCN(Cc2ccccc2B(O)O)CC1. The average Bonchev–Trinajstić information content (AvgIpc) is 2.32. The predicted molar refractivity (Wildman–Crippen MR) is 74.6 cm³/mol. The molecule has 1 heterocycles. The lowest BCUT2D eigenvalue weighted by molar-refractivity contribution is 0.127. The van der Waals surface area contributed by atoms with Gasteiger partial charge in [-0.1, -0.05) is 38.1 Å². The molecule has 0 aliphatic carbocycles. The van der Waals surface area contributed by atoms with Crippen molar-refractivity contribution in [3.8, 4) is 0 Å². The lowest BCUT2D eigenvalue weighted by Gasteiger charge is -2.37. The van der Waals surface area contributed by atoms with Crippen molar-refractivity contribution in [1.29, 1.82) is 0 Å². The predicted octanol–water partition coefficient (Wildman–Crippen LogP) is 0.988. The summed E-state index contributed by atoms with van der Waals surface area (Å²) in [5.74, 6) is 0. The molecule has 0 amide bonds. The van der Waals surface area contributed by atoms with E-state index in [9.17, 15) is 10.0 Å². The summed E-state index contributed by atoms with van der Waals surface area (Å²) in [7, 11) is -1.37. The van der Waals surface area contributed by atoms with E-state index in [1.165, 1.54) is 12.8 Å². The quantitative estimate of drug-likeness (QED) is 0.783. The molecule has 0 aromatic heterocycles. The molecule has 1 aromatic carbocycles. The van der Waals surface area contributed by atoms with Crippen molar-refractivity contribution < 1.29 is 10.0 Å². The van der Waals surface area contributed by atoms with E-state index in [0.717, 1.165) is 25.2 Å². The Morgan fingerprint density at radius 3 is 2.39 bits per heavy atom. The van der Waals surface area contributed by atoms with Crippen molar-refractivity contribution in [1.82, 2.24) is 4.90 Å². The number of likely N-dealkylation sites (tertiary alicyclic amines) is 1. The van der Waals surface area contributed by atoms with Gasteiger partial charge < -0.3 is 10.0 Å². The van der Waals surface area contributed by atoms with E-state index >= 15 is 0 Å². The van der Waals surface area contributed by atoms with Gasteiger partial charge in [0.2, 0.25) is 0 Å². The lowest BCUT2D eigenvalue weighted by Crippen LogP contribution is -2.40. The van der Waals surface area contributed by atoms with Crippen molar-refractivity contribution >= 4 is 12.6 Å². The first-order valence-electron chi connectivity index (χ1n) is 6.64. The van der Waals surface area contributed by atoms with Gasteiger partial charge >= 0.3 is 7.12 Å². The van der Waals surface area contributed by atoms with Crippen molar-refractivity contribution in [3.63, 3.8) is 0 Å². The van der Waals surface area contributed by atoms with Crippen LogP contribution in [0.15, 0.2) is 24.3 Å². The highest BCUT2D eigenvalue weighted by molar-refractivity contribution is 6.59. The van der Waals surface area contributed by atoms with Gasteiger partial charge in [0.1, 0.15) is 0 Å². The van der Waals surface area contributed by atoms with Gasteiger partial charge in [-0.25, -0.2) is 0 Å². The first-order valence-corrected chi connectivity index (χ1v) is 6.64. The van der Waals surface area contributed by atoms with E-state index in [1.807, 2.05) is 18.2 Å².